The molecule has 1 atom stereocenters. The minimum absolute atomic E-state index is 0.0629. The van der Waals surface area contributed by atoms with Gasteiger partial charge in [-0.05, 0) is 51.8 Å². The minimum atomic E-state index is -0.560. The fourth-order valence-electron chi connectivity index (χ4n) is 3.31. The fraction of sp³-hybridized carbons (Fsp3) is 0.611. The molecule has 1 aromatic carbocycles. The Morgan fingerprint density at radius 1 is 1.30 bits per heavy atom. The van der Waals surface area contributed by atoms with Gasteiger partial charge in [-0.15, -0.1) is 0 Å². The van der Waals surface area contributed by atoms with Crippen LogP contribution in [0.15, 0.2) is 24.3 Å². The van der Waals surface area contributed by atoms with Gasteiger partial charge in [0.05, 0.1) is 0 Å². The normalized spacial score (nSPS) is 22.5. The zero-order chi connectivity index (χ0) is 16.2. The summed E-state index contributed by atoms with van der Waals surface area (Å²) in [4.78, 5) is 15.0. The van der Waals surface area contributed by atoms with E-state index in [1.54, 1.807) is 0 Å². The van der Waals surface area contributed by atoms with Crippen molar-refractivity contribution in [2.24, 2.45) is 5.92 Å². The second-order valence-electron chi connectivity index (χ2n) is 6.66. The van der Waals surface area contributed by atoms with Gasteiger partial charge in [0.15, 0.2) is 12.9 Å². The lowest BCUT2D eigenvalue weighted by molar-refractivity contribution is -0.142. The van der Waals surface area contributed by atoms with Gasteiger partial charge in [-0.25, -0.2) is 0 Å². The average molecular weight is 318 g/mol. The highest BCUT2D eigenvalue weighted by molar-refractivity contribution is 5.83. The molecule has 0 saturated carbocycles. The summed E-state index contributed by atoms with van der Waals surface area (Å²) < 4.78 is 10.9. The topological polar surface area (TPSA) is 50.8 Å². The van der Waals surface area contributed by atoms with Crippen molar-refractivity contribution in [3.8, 4) is 5.75 Å². The van der Waals surface area contributed by atoms with Crippen molar-refractivity contribution in [1.29, 1.82) is 0 Å². The van der Waals surface area contributed by atoms with Gasteiger partial charge < -0.3 is 19.7 Å². The number of amides is 1. The molecule has 0 aliphatic carbocycles. The maximum atomic E-state index is 12.5. The van der Waals surface area contributed by atoms with Gasteiger partial charge in [-0.2, -0.15) is 0 Å². The van der Waals surface area contributed by atoms with E-state index in [4.69, 9.17) is 9.47 Å². The Labute approximate surface area is 137 Å². The molecule has 1 fully saturated rings. The molecule has 3 rings (SSSR count). The van der Waals surface area contributed by atoms with E-state index in [0.29, 0.717) is 12.0 Å². The molecule has 0 spiro atoms. The molecule has 1 N–H and O–H groups in total. The largest absolute Gasteiger partial charge is 0.467 e. The summed E-state index contributed by atoms with van der Waals surface area (Å²) in [6, 6.07) is 8.18. The highest BCUT2D eigenvalue weighted by Gasteiger charge is 2.29. The van der Waals surface area contributed by atoms with Crippen molar-refractivity contribution < 1.29 is 14.3 Å². The lowest BCUT2D eigenvalue weighted by atomic mass is 9.95. The Hall–Kier alpha value is -1.59. The number of hydrogen-bond acceptors (Lipinski definition) is 4. The summed E-state index contributed by atoms with van der Waals surface area (Å²) in [6.07, 6.45) is 1.73. The van der Waals surface area contributed by atoms with Crippen LogP contribution in [-0.2, 0) is 9.53 Å². The highest BCUT2D eigenvalue weighted by atomic mass is 16.7. The van der Waals surface area contributed by atoms with E-state index < -0.39 is 6.10 Å². The molecule has 0 aromatic heterocycles. The van der Waals surface area contributed by atoms with Crippen molar-refractivity contribution in [3.63, 3.8) is 0 Å². The average Bonchev–Trinajstić information content (AvgIpc) is 2.59. The third kappa shape index (κ3) is 3.85. The SMILES string of the molecule is CC(C)N1CCC(CNC(=O)[C@H]2OCOc3ccccc32)CC1. The number of para-hydroxylation sites is 1. The van der Waals surface area contributed by atoms with Crippen LogP contribution in [0.25, 0.3) is 0 Å². The number of hydrogen-bond donors (Lipinski definition) is 1. The summed E-state index contributed by atoms with van der Waals surface area (Å²) in [5, 5.41) is 3.07. The summed E-state index contributed by atoms with van der Waals surface area (Å²) in [7, 11) is 0. The maximum absolute atomic E-state index is 12.5. The number of benzene rings is 1. The Kier molecular flexibility index (Phi) is 5.18. The quantitative estimate of drug-likeness (QED) is 0.926. The van der Waals surface area contributed by atoms with Gasteiger partial charge in [0.25, 0.3) is 5.91 Å². The van der Waals surface area contributed by atoms with Crippen LogP contribution in [0, 0.1) is 5.92 Å². The van der Waals surface area contributed by atoms with Crippen molar-refractivity contribution >= 4 is 5.91 Å². The number of likely N-dealkylation sites (tertiary alicyclic amines) is 1. The lowest BCUT2D eigenvalue weighted by Crippen LogP contribution is -2.42. The summed E-state index contributed by atoms with van der Waals surface area (Å²) >= 11 is 0. The van der Waals surface area contributed by atoms with Crippen molar-refractivity contribution in [1.82, 2.24) is 10.2 Å². The van der Waals surface area contributed by atoms with Crippen LogP contribution in [0.4, 0.5) is 0 Å². The molecule has 1 amide bonds. The van der Waals surface area contributed by atoms with Crippen LogP contribution in [0.3, 0.4) is 0 Å². The van der Waals surface area contributed by atoms with E-state index in [9.17, 15) is 4.79 Å². The second-order valence-corrected chi connectivity index (χ2v) is 6.66. The molecule has 5 nitrogen and oxygen atoms in total. The van der Waals surface area contributed by atoms with Gasteiger partial charge >= 0.3 is 0 Å². The van der Waals surface area contributed by atoms with E-state index >= 15 is 0 Å². The number of piperidine rings is 1. The molecule has 0 radical (unpaired) electrons. The second kappa shape index (κ2) is 7.32. The summed E-state index contributed by atoms with van der Waals surface area (Å²) in [6.45, 7) is 7.57. The number of nitrogens with zero attached hydrogens (tertiary/aromatic N) is 1. The fourth-order valence-corrected chi connectivity index (χ4v) is 3.31. The minimum Gasteiger partial charge on any atom is -0.467 e. The zero-order valence-electron chi connectivity index (χ0n) is 14.0. The van der Waals surface area contributed by atoms with Gasteiger partial charge in [0.2, 0.25) is 0 Å². The molecule has 5 heteroatoms. The number of nitrogens with one attached hydrogen (secondary N) is 1. The summed E-state index contributed by atoms with van der Waals surface area (Å²) in [5.41, 5.74) is 0.811. The Morgan fingerprint density at radius 2 is 2.04 bits per heavy atom. The molecule has 2 aliphatic heterocycles. The Balaban J connectivity index is 1.51. The molecule has 0 bridgehead atoms. The number of carbonyl (C=O) groups excluding carboxylic acids is 1. The standard InChI is InChI=1S/C18H26N2O3/c1-13(2)20-9-7-14(8-10-20)11-19-18(21)17-15-5-3-4-6-16(15)22-12-23-17/h3-6,13-14,17H,7-12H2,1-2H3,(H,19,21)/t17-/m0/s1. The molecule has 2 heterocycles. The predicted octanol–water partition coefficient (Wildman–Crippen LogP) is 2.33. The van der Waals surface area contributed by atoms with Crippen molar-refractivity contribution in [2.75, 3.05) is 26.4 Å². The maximum Gasteiger partial charge on any atom is 0.254 e. The van der Waals surface area contributed by atoms with E-state index in [2.05, 4.69) is 24.1 Å². The molecule has 126 valence electrons. The molecular formula is C18H26N2O3. The molecular weight excluding hydrogens is 292 g/mol. The number of carbonyl (C=O) groups is 1. The molecule has 1 aromatic rings. The molecule has 2 aliphatic rings. The lowest BCUT2D eigenvalue weighted by Gasteiger charge is -2.35. The van der Waals surface area contributed by atoms with Gasteiger partial charge in [-0.3, -0.25) is 4.79 Å². The van der Waals surface area contributed by atoms with E-state index in [0.717, 1.165) is 43.8 Å². The summed E-state index contributed by atoms with van der Waals surface area (Å²) in [5.74, 6) is 1.24. The zero-order valence-corrected chi connectivity index (χ0v) is 14.0. The van der Waals surface area contributed by atoms with Gasteiger partial charge in [0, 0.05) is 18.2 Å². The van der Waals surface area contributed by atoms with E-state index in [1.807, 2.05) is 24.3 Å². The molecule has 0 unspecified atom stereocenters. The molecule has 23 heavy (non-hydrogen) atoms. The highest BCUT2D eigenvalue weighted by Crippen LogP contribution is 2.31. The van der Waals surface area contributed by atoms with Crippen LogP contribution in [0.5, 0.6) is 5.75 Å². The first-order chi connectivity index (χ1) is 11.1. The Morgan fingerprint density at radius 3 is 2.78 bits per heavy atom. The third-order valence-electron chi connectivity index (χ3n) is 4.83. The van der Waals surface area contributed by atoms with Gasteiger partial charge in [0.1, 0.15) is 5.75 Å². The van der Waals surface area contributed by atoms with Gasteiger partial charge in [-0.1, -0.05) is 18.2 Å². The first-order valence-electron chi connectivity index (χ1n) is 8.50. The monoisotopic (exact) mass is 318 g/mol. The van der Waals surface area contributed by atoms with Crippen LogP contribution in [0.2, 0.25) is 0 Å². The molecule has 1 saturated heterocycles. The van der Waals surface area contributed by atoms with E-state index in [-0.39, 0.29) is 12.7 Å². The van der Waals surface area contributed by atoms with Crippen molar-refractivity contribution in [3.05, 3.63) is 29.8 Å². The van der Waals surface area contributed by atoms with Crippen LogP contribution in [0.1, 0.15) is 38.4 Å². The van der Waals surface area contributed by atoms with E-state index in [1.165, 1.54) is 0 Å². The third-order valence-corrected chi connectivity index (χ3v) is 4.83. The first kappa shape index (κ1) is 16.3. The first-order valence-corrected chi connectivity index (χ1v) is 8.50. The number of ether oxygens (including phenoxy) is 2. The van der Waals surface area contributed by atoms with Crippen LogP contribution >= 0.6 is 0 Å². The van der Waals surface area contributed by atoms with Crippen molar-refractivity contribution in [2.45, 2.75) is 38.8 Å². The van der Waals surface area contributed by atoms with Crippen LogP contribution < -0.4 is 10.1 Å². The predicted molar refractivity (Wildman–Crippen MR) is 88.2 cm³/mol. The number of rotatable bonds is 4. The number of fused-ring (bicyclic) bond motifs is 1. The Bertz CT molecular complexity index is 539. The van der Waals surface area contributed by atoms with Crippen LogP contribution in [-0.4, -0.2) is 43.3 Å². The smallest absolute Gasteiger partial charge is 0.254 e.